The molecule has 1 aliphatic rings. The highest BCUT2D eigenvalue weighted by Gasteiger charge is 2.27. The summed E-state index contributed by atoms with van der Waals surface area (Å²) in [7, 11) is 0. The lowest BCUT2D eigenvalue weighted by Crippen LogP contribution is -2.30. The van der Waals surface area contributed by atoms with Gasteiger partial charge in [-0.05, 0) is 56.2 Å². The van der Waals surface area contributed by atoms with E-state index in [4.69, 9.17) is 4.52 Å². The number of aryl methyl sites for hydroxylation is 1. The van der Waals surface area contributed by atoms with E-state index in [-0.39, 0.29) is 11.9 Å². The van der Waals surface area contributed by atoms with Crippen LogP contribution in [-0.2, 0) is 12.8 Å². The number of aromatic amines is 1. The van der Waals surface area contributed by atoms with Crippen LogP contribution in [0.2, 0.25) is 0 Å². The van der Waals surface area contributed by atoms with Crippen LogP contribution in [0.5, 0.6) is 0 Å². The molecule has 2 aromatic heterocycles. The maximum atomic E-state index is 12.8. The number of nitrogens with one attached hydrogen (secondary N) is 2. The summed E-state index contributed by atoms with van der Waals surface area (Å²) < 4.78 is 5.38. The fraction of sp³-hybridized carbons (Fsp3) is 0.421. The summed E-state index contributed by atoms with van der Waals surface area (Å²) in [5, 5.41) is 7.19. The van der Waals surface area contributed by atoms with Crippen molar-refractivity contribution in [2.75, 3.05) is 12.0 Å². The second-order valence-corrected chi connectivity index (χ2v) is 7.58. The molecule has 0 saturated carbocycles. The van der Waals surface area contributed by atoms with E-state index in [1.165, 1.54) is 0 Å². The van der Waals surface area contributed by atoms with E-state index in [9.17, 15) is 4.79 Å². The summed E-state index contributed by atoms with van der Waals surface area (Å²) in [5.74, 6) is 1.87. The van der Waals surface area contributed by atoms with E-state index < -0.39 is 0 Å². The summed E-state index contributed by atoms with van der Waals surface area (Å²) in [5.41, 5.74) is 3.79. The highest BCUT2D eigenvalue weighted by atomic mass is 32.2. The van der Waals surface area contributed by atoms with E-state index in [1.807, 2.05) is 24.3 Å². The SMILES string of the molecule is CSCCC(NC(=O)c1onc2c1CCCC2)c1nc2ccccc2[nH]1. The molecule has 6 nitrogen and oxygen atoms in total. The topological polar surface area (TPSA) is 83.8 Å². The molecular formula is C19H22N4O2S. The van der Waals surface area contributed by atoms with Crippen LogP contribution in [0.15, 0.2) is 28.8 Å². The van der Waals surface area contributed by atoms with Crippen LogP contribution in [0.1, 0.15) is 52.9 Å². The third-order valence-electron chi connectivity index (χ3n) is 4.82. The van der Waals surface area contributed by atoms with Gasteiger partial charge in [0.2, 0.25) is 5.76 Å². The van der Waals surface area contributed by atoms with Gasteiger partial charge >= 0.3 is 0 Å². The van der Waals surface area contributed by atoms with Crippen molar-refractivity contribution in [2.45, 2.75) is 38.1 Å². The van der Waals surface area contributed by atoms with E-state index in [2.05, 4.69) is 26.7 Å². The Morgan fingerprint density at radius 2 is 2.19 bits per heavy atom. The lowest BCUT2D eigenvalue weighted by Gasteiger charge is -2.16. The minimum atomic E-state index is -0.202. The van der Waals surface area contributed by atoms with Crippen LogP contribution in [0, 0.1) is 0 Å². The molecule has 0 spiro atoms. The Bertz CT molecular complexity index is 884. The smallest absolute Gasteiger partial charge is 0.290 e. The predicted octanol–water partition coefficient (Wildman–Crippen LogP) is 3.65. The third-order valence-corrected chi connectivity index (χ3v) is 5.46. The molecule has 3 aromatic rings. The second-order valence-electron chi connectivity index (χ2n) is 6.59. The average Bonchev–Trinajstić information content (AvgIpc) is 3.29. The first-order valence-electron chi connectivity index (χ1n) is 8.98. The average molecular weight is 370 g/mol. The zero-order chi connectivity index (χ0) is 17.9. The summed E-state index contributed by atoms with van der Waals surface area (Å²) in [6.07, 6.45) is 6.80. The summed E-state index contributed by atoms with van der Waals surface area (Å²) in [6, 6.07) is 7.71. The number of imidazole rings is 1. The van der Waals surface area contributed by atoms with Gasteiger partial charge in [0.05, 0.1) is 22.8 Å². The number of nitrogens with zero attached hydrogens (tertiary/aromatic N) is 2. The fourth-order valence-electron chi connectivity index (χ4n) is 3.44. The van der Waals surface area contributed by atoms with Crippen molar-refractivity contribution in [3.8, 4) is 0 Å². The Morgan fingerprint density at radius 3 is 3.04 bits per heavy atom. The Morgan fingerprint density at radius 1 is 1.35 bits per heavy atom. The molecule has 1 aliphatic carbocycles. The number of thioether (sulfide) groups is 1. The summed E-state index contributed by atoms with van der Waals surface area (Å²) in [6.45, 7) is 0. The van der Waals surface area contributed by atoms with E-state index >= 15 is 0 Å². The van der Waals surface area contributed by atoms with Crippen molar-refractivity contribution >= 4 is 28.7 Å². The van der Waals surface area contributed by atoms with Crippen molar-refractivity contribution in [1.29, 1.82) is 0 Å². The minimum Gasteiger partial charge on any atom is -0.350 e. The summed E-state index contributed by atoms with van der Waals surface area (Å²) >= 11 is 1.75. The number of carbonyl (C=O) groups is 1. The lowest BCUT2D eigenvalue weighted by molar-refractivity contribution is 0.0895. The zero-order valence-electron chi connectivity index (χ0n) is 14.7. The molecule has 7 heteroatoms. The Labute approximate surface area is 156 Å². The molecule has 2 N–H and O–H groups in total. The number of fused-ring (bicyclic) bond motifs is 2. The number of hydrogen-bond acceptors (Lipinski definition) is 5. The van der Waals surface area contributed by atoms with Gasteiger partial charge in [0, 0.05) is 5.56 Å². The highest BCUT2D eigenvalue weighted by molar-refractivity contribution is 7.98. The predicted molar refractivity (Wildman–Crippen MR) is 102 cm³/mol. The molecule has 136 valence electrons. The second kappa shape index (κ2) is 7.53. The van der Waals surface area contributed by atoms with Crippen LogP contribution >= 0.6 is 11.8 Å². The van der Waals surface area contributed by atoms with Gasteiger partial charge in [0.15, 0.2) is 0 Å². The van der Waals surface area contributed by atoms with Crippen molar-refractivity contribution in [1.82, 2.24) is 20.4 Å². The lowest BCUT2D eigenvalue weighted by atomic mass is 9.96. The molecule has 1 unspecified atom stereocenters. The van der Waals surface area contributed by atoms with Gasteiger partial charge in [-0.3, -0.25) is 4.79 Å². The van der Waals surface area contributed by atoms with Crippen LogP contribution in [0.4, 0.5) is 0 Å². The standard InChI is InChI=1S/C19H22N4O2S/c1-26-11-10-16(18-20-14-8-4-5-9-15(14)21-18)22-19(24)17-12-6-2-3-7-13(12)23-25-17/h4-5,8-9,16H,2-3,6-7,10-11H2,1H3,(H,20,21)(H,22,24). The zero-order valence-corrected chi connectivity index (χ0v) is 15.6. The first kappa shape index (κ1) is 17.1. The molecule has 1 amide bonds. The van der Waals surface area contributed by atoms with Gasteiger partial charge < -0.3 is 14.8 Å². The fourth-order valence-corrected chi connectivity index (χ4v) is 3.91. The normalized spacial score (nSPS) is 15.0. The molecule has 26 heavy (non-hydrogen) atoms. The first-order chi connectivity index (χ1) is 12.8. The summed E-state index contributed by atoms with van der Waals surface area (Å²) in [4.78, 5) is 20.8. The van der Waals surface area contributed by atoms with Crippen molar-refractivity contribution < 1.29 is 9.32 Å². The molecule has 1 atom stereocenters. The van der Waals surface area contributed by atoms with Gasteiger partial charge in [-0.25, -0.2) is 4.98 Å². The van der Waals surface area contributed by atoms with Gasteiger partial charge in [0.1, 0.15) is 5.82 Å². The van der Waals surface area contributed by atoms with Crippen molar-refractivity contribution in [2.24, 2.45) is 0 Å². The van der Waals surface area contributed by atoms with Crippen LogP contribution in [-0.4, -0.2) is 33.0 Å². The molecule has 2 heterocycles. The maximum Gasteiger partial charge on any atom is 0.290 e. The van der Waals surface area contributed by atoms with Crippen molar-refractivity contribution in [3.05, 3.63) is 47.1 Å². The van der Waals surface area contributed by atoms with Gasteiger partial charge in [0.25, 0.3) is 5.91 Å². The number of aromatic nitrogens is 3. The van der Waals surface area contributed by atoms with Gasteiger partial charge in [-0.15, -0.1) is 0 Å². The molecule has 0 bridgehead atoms. The molecule has 0 radical (unpaired) electrons. The number of hydrogen-bond donors (Lipinski definition) is 2. The largest absolute Gasteiger partial charge is 0.350 e. The third kappa shape index (κ3) is 3.35. The van der Waals surface area contributed by atoms with E-state index in [1.54, 1.807) is 11.8 Å². The minimum absolute atomic E-state index is 0.188. The number of carbonyl (C=O) groups excluding carboxylic acids is 1. The van der Waals surface area contributed by atoms with Crippen LogP contribution in [0.3, 0.4) is 0 Å². The van der Waals surface area contributed by atoms with Crippen LogP contribution in [0.25, 0.3) is 11.0 Å². The number of rotatable bonds is 6. The first-order valence-corrected chi connectivity index (χ1v) is 10.4. The number of amides is 1. The molecule has 0 fully saturated rings. The number of benzene rings is 1. The molecular weight excluding hydrogens is 348 g/mol. The Hall–Kier alpha value is -2.28. The van der Waals surface area contributed by atoms with E-state index in [0.29, 0.717) is 5.76 Å². The molecule has 0 aliphatic heterocycles. The molecule has 4 rings (SSSR count). The van der Waals surface area contributed by atoms with Crippen molar-refractivity contribution in [3.63, 3.8) is 0 Å². The monoisotopic (exact) mass is 370 g/mol. The Kier molecular flexibility index (Phi) is 4.97. The molecule has 0 saturated heterocycles. The van der Waals surface area contributed by atoms with Gasteiger partial charge in [-0.1, -0.05) is 17.3 Å². The number of para-hydroxylation sites is 2. The number of H-pyrrole nitrogens is 1. The highest BCUT2D eigenvalue weighted by Crippen LogP contribution is 2.25. The van der Waals surface area contributed by atoms with E-state index in [0.717, 1.165) is 66.0 Å². The molecule has 1 aromatic carbocycles. The Balaban J connectivity index is 1.58. The quantitative estimate of drug-likeness (QED) is 0.692. The van der Waals surface area contributed by atoms with Gasteiger partial charge in [-0.2, -0.15) is 11.8 Å². The maximum absolute atomic E-state index is 12.8. The van der Waals surface area contributed by atoms with Crippen LogP contribution < -0.4 is 5.32 Å².